The summed E-state index contributed by atoms with van der Waals surface area (Å²) in [6.45, 7) is 3.31. The highest BCUT2D eigenvalue weighted by Gasteiger charge is 2.32. The zero-order chi connectivity index (χ0) is 14.8. The molecule has 0 spiro atoms. The molecule has 2 aliphatic rings. The van der Waals surface area contributed by atoms with Crippen LogP contribution in [0.3, 0.4) is 0 Å². The fraction of sp³-hybridized carbons (Fsp3) is 0.529. The molecule has 1 aliphatic carbocycles. The van der Waals surface area contributed by atoms with Crippen molar-refractivity contribution < 1.29 is 9.59 Å². The molecule has 1 heterocycles. The molecule has 0 unspecified atom stereocenters. The summed E-state index contributed by atoms with van der Waals surface area (Å²) in [5.74, 6) is 1.41. The van der Waals surface area contributed by atoms with Gasteiger partial charge < -0.3 is 10.2 Å². The van der Waals surface area contributed by atoms with Crippen LogP contribution in [0.15, 0.2) is 24.3 Å². The summed E-state index contributed by atoms with van der Waals surface area (Å²) >= 11 is 0. The van der Waals surface area contributed by atoms with Gasteiger partial charge in [0.2, 0.25) is 0 Å². The number of hydrogen-bond donors (Lipinski definition) is 1. The number of anilines is 1. The Morgan fingerprint density at radius 3 is 2.29 bits per heavy atom. The number of hydrogen-bond acceptors (Lipinski definition) is 2. The molecule has 0 radical (unpaired) electrons. The lowest BCUT2D eigenvalue weighted by Crippen LogP contribution is -2.47. The summed E-state index contributed by atoms with van der Waals surface area (Å²) in [7, 11) is 0. The quantitative estimate of drug-likeness (QED) is 0.845. The molecule has 4 nitrogen and oxygen atoms in total. The molecule has 112 valence electrons. The summed E-state index contributed by atoms with van der Waals surface area (Å²) in [6, 6.07) is 7.08. The number of rotatable bonds is 2. The Kier molecular flexibility index (Phi) is 3.95. The first kappa shape index (κ1) is 14.1. The maximum atomic E-state index is 12.4. The molecule has 1 N–H and O–H groups in total. The van der Waals surface area contributed by atoms with Gasteiger partial charge in [-0.3, -0.25) is 4.79 Å². The first-order chi connectivity index (χ1) is 10.1. The van der Waals surface area contributed by atoms with Gasteiger partial charge in [-0.15, -0.1) is 0 Å². The van der Waals surface area contributed by atoms with E-state index in [0.29, 0.717) is 17.4 Å². The van der Waals surface area contributed by atoms with Crippen LogP contribution in [0.1, 0.15) is 43.0 Å². The Balaban J connectivity index is 1.62. The van der Waals surface area contributed by atoms with Crippen molar-refractivity contribution in [2.45, 2.75) is 32.6 Å². The van der Waals surface area contributed by atoms with E-state index in [0.717, 1.165) is 18.8 Å². The van der Waals surface area contributed by atoms with E-state index < -0.39 is 0 Å². The minimum Gasteiger partial charge on any atom is -0.324 e. The highest BCUT2D eigenvalue weighted by atomic mass is 16.2. The van der Waals surface area contributed by atoms with Crippen LogP contribution < -0.4 is 5.32 Å². The Morgan fingerprint density at radius 2 is 1.71 bits per heavy atom. The number of carbonyl (C=O) groups excluding carboxylic acids is 2. The molecule has 1 aromatic rings. The zero-order valence-electron chi connectivity index (χ0n) is 12.5. The zero-order valence-corrected chi connectivity index (χ0v) is 12.5. The fourth-order valence-electron chi connectivity index (χ4n) is 3.59. The van der Waals surface area contributed by atoms with Crippen LogP contribution in [0.25, 0.3) is 0 Å². The van der Waals surface area contributed by atoms with E-state index >= 15 is 0 Å². The normalized spacial score (nSPS) is 24.5. The predicted molar refractivity (Wildman–Crippen MR) is 82.5 cm³/mol. The van der Waals surface area contributed by atoms with E-state index in [-0.39, 0.29) is 11.8 Å². The van der Waals surface area contributed by atoms with E-state index in [1.54, 1.807) is 31.2 Å². The van der Waals surface area contributed by atoms with Gasteiger partial charge in [-0.05, 0) is 62.3 Å². The van der Waals surface area contributed by atoms with Crippen LogP contribution in [0.2, 0.25) is 0 Å². The fourth-order valence-corrected chi connectivity index (χ4v) is 3.59. The summed E-state index contributed by atoms with van der Waals surface area (Å²) in [6.07, 6.45) is 5.12. The van der Waals surface area contributed by atoms with Gasteiger partial charge in [-0.2, -0.15) is 0 Å². The molecule has 1 saturated carbocycles. The number of benzene rings is 1. The molecule has 2 bridgehead atoms. The average molecular weight is 286 g/mol. The standard InChI is InChI=1S/C17H22N2O2/c1-12(20)15-5-7-16(8-6-15)18-17(21)19-10-13-3-2-4-14(9-13)11-19/h5-8,13-14H,2-4,9-11H2,1H3,(H,18,21)/t13-,14-/m1/s1. The predicted octanol–water partition coefficient (Wildman–Crippen LogP) is 3.54. The molecule has 3 rings (SSSR count). The molecule has 21 heavy (non-hydrogen) atoms. The van der Waals surface area contributed by atoms with E-state index in [1.165, 1.54) is 25.7 Å². The summed E-state index contributed by atoms with van der Waals surface area (Å²) in [5, 5.41) is 2.94. The lowest BCUT2D eigenvalue weighted by Gasteiger charge is -2.41. The summed E-state index contributed by atoms with van der Waals surface area (Å²) in [4.78, 5) is 25.6. The number of Topliss-reactive ketones (excluding diaryl/α,β-unsaturated/α-hetero) is 1. The van der Waals surface area contributed by atoms with Crippen LogP contribution in [0.4, 0.5) is 10.5 Å². The van der Waals surface area contributed by atoms with E-state index in [9.17, 15) is 9.59 Å². The van der Waals surface area contributed by atoms with Gasteiger partial charge in [-0.1, -0.05) is 6.42 Å². The van der Waals surface area contributed by atoms with Crippen molar-refractivity contribution in [2.75, 3.05) is 18.4 Å². The van der Waals surface area contributed by atoms with Crippen LogP contribution in [-0.4, -0.2) is 29.8 Å². The molecule has 2 fully saturated rings. The van der Waals surface area contributed by atoms with Crippen molar-refractivity contribution in [2.24, 2.45) is 11.8 Å². The highest BCUT2D eigenvalue weighted by molar-refractivity contribution is 5.95. The molecule has 1 saturated heterocycles. The Morgan fingerprint density at radius 1 is 1.10 bits per heavy atom. The number of piperidine rings is 1. The minimum absolute atomic E-state index is 0.0119. The number of carbonyl (C=O) groups is 2. The van der Waals surface area contributed by atoms with Gasteiger partial charge in [0.25, 0.3) is 0 Å². The van der Waals surface area contributed by atoms with Crippen LogP contribution >= 0.6 is 0 Å². The van der Waals surface area contributed by atoms with Gasteiger partial charge >= 0.3 is 6.03 Å². The van der Waals surface area contributed by atoms with E-state index in [4.69, 9.17) is 0 Å². The molecule has 0 aromatic heterocycles. The molecule has 2 atom stereocenters. The van der Waals surface area contributed by atoms with Gasteiger partial charge in [-0.25, -0.2) is 4.79 Å². The third-order valence-electron chi connectivity index (χ3n) is 4.68. The maximum Gasteiger partial charge on any atom is 0.321 e. The monoisotopic (exact) mass is 286 g/mol. The van der Waals surface area contributed by atoms with Crippen molar-refractivity contribution in [3.63, 3.8) is 0 Å². The van der Waals surface area contributed by atoms with E-state index in [1.807, 2.05) is 4.90 Å². The summed E-state index contributed by atoms with van der Waals surface area (Å²) < 4.78 is 0. The number of fused-ring (bicyclic) bond motifs is 2. The minimum atomic E-state index is -0.0119. The first-order valence-electron chi connectivity index (χ1n) is 7.79. The second kappa shape index (κ2) is 5.88. The Labute approximate surface area is 125 Å². The van der Waals surface area contributed by atoms with E-state index in [2.05, 4.69) is 5.32 Å². The number of amides is 2. The second-order valence-electron chi connectivity index (χ2n) is 6.37. The number of likely N-dealkylation sites (tertiary alicyclic amines) is 1. The molecule has 4 heteroatoms. The van der Waals surface area contributed by atoms with Gasteiger partial charge in [0, 0.05) is 24.3 Å². The van der Waals surface area contributed by atoms with Crippen LogP contribution in [0.5, 0.6) is 0 Å². The van der Waals surface area contributed by atoms with Crippen LogP contribution in [0, 0.1) is 11.8 Å². The van der Waals surface area contributed by atoms with Crippen molar-refractivity contribution >= 4 is 17.5 Å². The lowest BCUT2D eigenvalue weighted by atomic mass is 9.78. The smallest absolute Gasteiger partial charge is 0.321 e. The van der Waals surface area contributed by atoms with Crippen molar-refractivity contribution in [1.82, 2.24) is 4.90 Å². The second-order valence-corrected chi connectivity index (χ2v) is 6.37. The molecule has 1 aliphatic heterocycles. The average Bonchev–Trinajstić information content (AvgIpc) is 2.47. The van der Waals surface area contributed by atoms with Crippen molar-refractivity contribution in [3.8, 4) is 0 Å². The van der Waals surface area contributed by atoms with Crippen molar-refractivity contribution in [3.05, 3.63) is 29.8 Å². The highest BCUT2D eigenvalue weighted by Crippen LogP contribution is 2.34. The van der Waals surface area contributed by atoms with Crippen molar-refractivity contribution in [1.29, 1.82) is 0 Å². The number of ketones is 1. The number of urea groups is 1. The van der Waals surface area contributed by atoms with Crippen LogP contribution in [-0.2, 0) is 0 Å². The third-order valence-corrected chi connectivity index (χ3v) is 4.68. The largest absolute Gasteiger partial charge is 0.324 e. The molecule has 1 aromatic carbocycles. The molecular weight excluding hydrogens is 264 g/mol. The lowest BCUT2D eigenvalue weighted by molar-refractivity contribution is 0.101. The topological polar surface area (TPSA) is 49.4 Å². The van der Waals surface area contributed by atoms with Gasteiger partial charge in [0.15, 0.2) is 5.78 Å². The molecular formula is C17H22N2O2. The number of nitrogens with zero attached hydrogens (tertiary/aromatic N) is 1. The Bertz CT molecular complexity index is 526. The van der Waals surface area contributed by atoms with Gasteiger partial charge in [0.05, 0.1) is 0 Å². The maximum absolute atomic E-state index is 12.4. The molecule has 2 amide bonds. The third kappa shape index (κ3) is 3.26. The first-order valence-corrected chi connectivity index (χ1v) is 7.79. The number of nitrogens with one attached hydrogen (secondary N) is 1. The summed E-state index contributed by atoms with van der Waals surface area (Å²) in [5.41, 5.74) is 1.42. The SMILES string of the molecule is CC(=O)c1ccc(NC(=O)N2C[C@@H]3CCC[C@H](C3)C2)cc1. The van der Waals surface area contributed by atoms with Gasteiger partial charge in [0.1, 0.15) is 0 Å². The Hall–Kier alpha value is -1.84.